The number of nitrogens with zero attached hydrogens (tertiary/aromatic N) is 4. The Morgan fingerprint density at radius 3 is 2.55 bits per heavy atom. The maximum atomic E-state index is 13.5. The minimum absolute atomic E-state index is 0.0592. The average Bonchev–Trinajstić information content (AvgIpc) is 3.14. The van der Waals surface area contributed by atoms with Crippen LogP contribution < -0.4 is 5.32 Å². The van der Waals surface area contributed by atoms with Crippen molar-refractivity contribution in [2.45, 2.75) is 32.7 Å². The molecule has 3 heterocycles. The average molecular weight is 478 g/mol. The van der Waals surface area contributed by atoms with Gasteiger partial charge in [0.1, 0.15) is 5.82 Å². The van der Waals surface area contributed by atoms with E-state index in [1.807, 2.05) is 6.92 Å². The lowest BCUT2D eigenvalue weighted by atomic mass is 10.2. The molecular formula is C22H28FN5O4S. The molecule has 1 atom stereocenters. The summed E-state index contributed by atoms with van der Waals surface area (Å²) >= 11 is 0. The summed E-state index contributed by atoms with van der Waals surface area (Å²) in [6, 6.07) is 5.09. The number of carbonyl (C=O) groups excluding carboxylic acids is 2. The van der Waals surface area contributed by atoms with E-state index in [1.54, 1.807) is 27.5 Å². The lowest BCUT2D eigenvalue weighted by Crippen LogP contribution is -2.39. The topological polar surface area (TPSA) is 105 Å². The monoisotopic (exact) mass is 477 g/mol. The second-order valence-electron chi connectivity index (χ2n) is 8.62. The molecule has 178 valence electrons. The van der Waals surface area contributed by atoms with Gasteiger partial charge in [0.25, 0.3) is 5.91 Å². The predicted octanol–water partition coefficient (Wildman–Crippen LogP) is 2.38. The summed E-state index contributed by atoms with van der Waals surface area (Å²) in [5.41, 5.74) is 2.23. The van der Waals surface area contributed by atoms with Crippen molar-refractivity contribution >= 4 is 27.5 Å². The molecule has 2 aliphatic rings. The van der Waals surface area contributed by atoms with Crippen LogP contribution in [0.2, 0.25) is 0 Å². The van der Waals surface area contributed by atoms with Crippen molar-refractivity contribution in [3.63, 3.8) is 0 Å². The Kier molecular flexibility index (Phi) is 6.42. The summed E-state index contributed by atoms with van der Waals surface area (Å²) in [6.45, 7) is 5.25. The van der Waals surface area contributed by atoms with Crippen LogP contribution in [-0.2, 0) is 9.84 Å². The van der Waals surface area contributed by atoms with Crippen LogP contribution in [0.4, 0.5) is 14.9 Å². The van der Waals surface area contributed by atoms with Crippen molar-refractivity contribution in [3.8, 4) is 0 Å². The van der Waals surface area contributed by atoms with Crippen LogP contribution in [0.15, 0.2) is 24.3 Å². The maximum Gasteiger partial charge on any atom is 0.322 e. The van der Waals surface area contributed by atoms with Crippen LogP contribution in [0.3, 0.4) is 0 Å². The summed E-state index contributed by atoms with van der Waals surface area (Å²) in [6.07, 6.45) is 1.12. The molecule has 1 unspecified atom stereocenters. The largest absolute Gasteiger partial charge is 0.337 e. The van der Waals surface area contributed by atoms with Crippen molar-refractivity contribution in [1.29, 1.82) is 0 Å². The standard InChI is InChI=1S/C22H28FN5O4S/c1-15-20(16(2)28(25-15)19-7-12-33(31,32)14-19)24-22(30)27-9-4-8-26(10-11-27)21(29)17-5-3-6-18(23)13-17/h3,5-6,13,19H,4,7-12,14H2,1-2H3,(H,24,30). The number of sulfone groups is 1. The number of hydrogen-bond donors (Lipinski definition) is 1. The Labute approximate surface area is 192 Å². The van der Waals surface area contributed by atoms with Gasteiger partial charge in [0.05, 0.1) is 34.6 Å². The van der Waals surface area contributed by atoms with Gasteiger partial charge >= 0.3 is 6.03 Å². The Morgan fingerprint density at radius 2 is 1.85 bits per heavy atom. The molecule has 2 aliphatic heterocycles. The molecule has 0 aliphatic carbocycles. The first-order valence-electron chi connectivity index (χ1n) is 11.0. The molecule has 2 aromatic rings. The molecule has 0 spiro atoms. The Balaban J connectivity index is 1.41. The molecular weight excluding hydrogens is 449 g/mol. The molecule has 0 saturated carbocycles. The smallest absolute Gasteiger partial charge is 0.322 e. The second-order valence-corrected chi connectivity index (χ2v) is 10.8. The third kappa shape index (κ3) is 5.02. The van der Waals surface area contributed by atoms with Crippen molar-refractivity contribution in [3.05, 3.63) is 47.0 Å². The van der Waals surface area contributed by atoms with Gasteiger partial charge in [-0.25, -0.2) is 17.6 Å². The summed E-state index contributed by atoms with van der Waals surface area (Å²) in [4.78, 5) is 29.0. The minimum atomic E-state index is -3.05. The van der Waals surface area contributed by atoms with E-state index < -0.39 is 15.7 Å². The highest BCUT2D eigenvalue weighted by Gasteiger charge is 2.32. The van der Waals surface area contributed by atoms with Crippen LogP contribution in [0.5, 0.6) is 0 Å². The van der Waals surface area contributed by atoms with Gasteiger partial charge in [-0.2, -0.15) is 5.10 Å². The number of rotatable bonds is 3. The number of aryl methyl sites for hydroxylation is 1. The molecule has 2 saturated heterocycles. The predicted molar refractivity (Wildman–Crippen MR) is 122 cm³/mol. The van der Waals surface area contributed by atoms with E-state index in [4.69, 9.17) is 0 Å². The normalized spacial score (nSPS) is 20.5. The Bertz CT molecular complexity index is 1180. The van der Waals surface area contributed by atoms with Gasteiger partial charge < -0.3 is 15.1 Å². The molecule has 2 fully saturated rings. The highest BCUT2D eigenvalue weighted by atomic mass is 32.2. The third-order valence-electron chi connectivity index (χ3n) is 6.25. The molecule has 0 radical (unpaired) electrons. The van der Waals surface area contributed by atoms with Gasteiger partial charge in [0.2, 0.25) is 0 Å². The molecule has 3 amide bonds. The molecule has 1 aromatic carbocycles. The lowest BCUT2D eigenvalue weighted by Gasteiger charge is -2.22. The van der Waals surface area contributed by atoms with E-state index in [-0.39, 0.29) is 29.5 Å². The molecule has 11 heteroatoms. The highest BCUT2D eigenvalue weighted by molar-refractivity contribution is 7.91. The van der Waals surface area contributed by atoms with Crippen molar-refractivity contribution in [2.75, 3.05) is 43.0 Å². The fourth-order valence-electron chi connectivity index (χ4n) is 4.48. The molecule has 1 N–H and O–H groups in total. The summed E-state index contributed by atoms with van der Waals surface area (Å²) in [7, 11) is -3.05. The first kappa shape index (κ1) is 23.2. The van der Waals surface area contributed by atoms with Crippen LogP contribution >= 0.6 is 0 Å². The molecule has 1 aromatic heterocycles. The number of urea groups is 1. The summed E-state index contributed by atoms with van der Waals surface area (Å²) in [5, 5.41) is 7.41. The van der Waals surface area contributed by atoms with E-state index in [0.717, 1.165) is 5.69 Å². The first-order chi connectivity index (χ1) is 15.6. The van der Waals surface area contributed by atoms with E-state index in [2.05, 4.69) is 10.4 Å². The van der Waals surface area contributed by atoms with Gasteiger partial charge in [-0.15, -0.1) is 0 Å². The minimum Gasteiger partial charge on any atom is -0.337 e. The number of aromatic nitrogens is 2. The number of halogens is 1. The lowest BCUT2D eigenvalue weighted by molar-refractivity contribution is 0.0762. The van der Waals surface area contributed by atoms with E-state index >= 15 is 0 Å². The van der Waals surface area contributed by atoms with Crippen molar-refractivity contribution < 1.29 is 22.4 Å². The fourth-order valence-corrected chi connectivity index (χ4v) is 6.17. The number of amides is 3. The van der Waals surface area contributed by atoms with Gasteiger partial charge in [-0.05, 0) is 44.9 Å². The molecule has 33 heavy (non-hydrogen) atoms. The number of anilines is 1. The molecule has 0 bridgehead atoms. The van der Waals surface area contributed by atoms with E-state index in [0.29, 0.717) is 56.0 Å². The summed E-state index contributed by atoms with van der Waals surface area (Å²) < 4.78 is 38.9. The third-order valence-corrected chi connectivity index (χ3v) is 8.00. The highest BCUT2D eigenvalue weighted by Crippen LogP contribution is 2.29. The fraction of sp³-hybridized carbons (Fsp3) is 0.500. The number of benzene rings is 1. The zero-order valence-corrected chi connectivity index (χ0v) is 19.6. The van der Waals surface area contributed by atoms with Gasteiger partial charge in [-0.3, -0.25) is 9.48 Å². The number of carbonyl (C=O) groups is 2. The van der Waals surface area contributed by atoms with E-state index in [9.17, 15) is 22.4 Å². The Morgan fingerprint density at radius 1 is 1.12 bits per heavy atom. The Hall–Kier alpha value is -2.95. The van der Waals surface area contributed by atoms with Gasteiger partial charge in [0, 0.05) is 31.7 Å². The van der Waals surface area contributed by atoms with Crippen LogP contribution in [0, 0.1) is 19.7 Å². The SMILES string of the molecule is Cc1nn(C2CCS(=O)(=O)C2)c(C)c1NC(=O)N1CCCN(C(=O)c2cccc(F)c2)CC1. The second kappa shape index (κ2) is 9.12. The molecule has 4 rings (SSSR count). The number of nitrogens with one attached hydrogen (secondary N) is 1. The van der Waals surface area contributed by atoms with Gasteiger partial charge in [0.15, 0.2) is 9.84 Å². The maximum absolute atomic E-state index is 13.5. The van der Waals surface area contributed by atoms with Crippen LogP contribution in [0.1, 0.15) is 40.6 Å². The van der Waals surface area contributed by atoms with E-state index in [1.165, 1.54) is 18.2 Å². The van der Waals surface area contributed by atoms with Crippen molar-refractivity contribution in [1.82, 2.24) is 19.6 Å². The number of hydrogen-bond acceptors (Lipinski definition) is 5. The van der Waals surface area contributed by atoms with Crippen LogP contribution in [-0.4, -0.2) is 77.6 Å². The van der Waals surface area contributed by atoms with Gasteiger partial charge in [-0.1, -0.05) is 6.07 Å². The summed E-state index contributed by atoms with van der Waals surface area (Å²) in [5.74, 6) is -0.505. The van der Waals surface area contributed by atoms with Crippen LogP contribution in [0.25, 0.3) is 0 Å². The zero-order valence-electron chi connectivity index (χ0n) is 18.8. The molecule has 9 nitrogen and oxygen atoms in total. The van der Waals surface area contributed by atoms with Crippen molar-refractivity contribution in [2.24, 2.45) is 0 Å². The quantitative estimate of drug-likeness (QED) is 0.731. The first-order valence-corrected chi connectivity index (χ1v) is 12.8. The zero-order chi connectivity index (χ0) is 23.8.